The van der Waals surface area contributed by atoms with E-state index in [1.165, 1.54) is 0 Å². The van der Waals surface area contributed by atoms with Gasteiger partial charge in [0.15, 0.2) is 0 Å². The summed E-state index contributed by atoms with van der Waals surface area (Å²) in [5.74, 6) is 1.36. The van der Waals surface area contributed by atoms with Crippen LogP contribution in [0.25, 0.3) is 22.8 Å². The van der Waals surface area contributed by atoms with Crippen LogP contribution < -0.4 is 10.1 Å². The maximum absolute atomic E-state index is 12.2. The first kappa shape index (κ1) is 22.5. The molecule has 8 heteroatoms. The lowest BCUT2D eigenvalue weighted by Crippen LogP contribution is -2.35. The number of aromatic nitrogens is 2. The number of likely N-dealkylation sites (N-methyl/N-ethyl adjacent to an activating group) is 1. The van der Waals surface area contributed by atoms with Crippen LogP contribution in [0.2, 0.25) is 0 Å². The van der Waals surface area contributed by atoms with Crippen molar-refractivity contribution in [2.45, 2.75) is 38.8 Å². The van der Waals surface area contributed by atoms with E-state index in [1.807, 2.05) is 57.1 Å². The molecule has 1 aliphatic rings. The summed E-state index contributed by atoms with van der Waals surface area (Å²) in [6.45, 7) is 4.18. The van der Waals surface area contributed by atoms with Crippen LogP contribution in [0.5, 0.6) is 5.75 Å². The molecule has 1 atom stereocenters. The number of carbonyl (C=O) groups excluding carboxylic acids is 1. The predicted molar refractivity (Wildman–Crippen MR) is 123 cm³/mol. The first-order valence-electron chi connectivity index (χ1n) is 11.0. The van der Waals surface area contributed by atoms with Crippen LogP contribution in [0, 0.1) is 11.3 Å². The van der Waals surface area contributed by atoms with E-state index in [2.05, 4.69) is 21.5 Å². The zero-order valence-electron chi connectivity index (χ0n) is 19.3. The van der Waals surface area contributed by atoms with E-state index in [-0.39, 0.29) is 18.1 Å². The molecular weight excluding hydrogens is 418 g/mol. The number of fused-ring (bicyclic) bond motifs is 1. The van der Waals surface area contributed by atoms with E-state index in [0.717, 1.165) is 29.5 Å². The van der Waals surface area contributed by atoms with Gasteiger partial charge in [0.25, 0.3) is 5.89 Å². The maximum Gasteiger partial charge on any atom is 0.258 e. The van der Waals surface area contributed by atoms with Crippen LogP contribution in [0.15, 0.2) is 40.9 Å². The molecule has 1 N–H and O–H groups in total. The van der Waals surface area contributed by atoms with E-state index >= 15 is 0 Å². The summed E-state index contributed by atoms with van der Waals surface area (Å²) >= 11 is 0. The molecule has 4 rings (SSSR count). The van der Waals surface area contributed by atoms with Gasteiger partial charge in [-0.3, -0.25) is 4.79 Å². The fourth-order valence-corrected chi connectivity index (χ4v) is 4.10. The Morgan fingerprint density at radius 2 is 2.15 bits per heavy atom. The van der Waals surface area contributed by atoms with Crippen molar-refractivity contribution in [1.82, 2.24) is 20.4 Å². The summed E-state index contributed by atoms with van der Waals surface area (Å²) < 4.78 is 11.2. The highest BCUT2D eigenvalue weighted by Gasteiger charge is 2.27. The molecule has 0 aliphatic heterocycles. The van der Waals surface area contributed by atoms with Gasteiger partial charge < -0.3 is 19.5 Å². The van der Waals surface area contributed by atoms with Crippen molar-refractivity contribution in [3.8, 4) is 34.7 Å². The Labute approximate surface area is 193 Å². The van der Waals surface area contributed by atoms with Gasteiger partial charge in [-0.1, -0.05) is 23.4 Å². The molecule has 1 amide bonds. The van der Waals surface area contributed by atoms with Gasteiger partial charge in [-0.25, -0.2) is 0 Å². The predicted octanol–water partition coefficient (Wildman–Crippen LogP) is 3.73. The Morgan fingerprint density at radius 1 is 1.33 bits per heavy atom. The van der Waals surface area contributed by atoms with Gasteiger partial charge in [0, 0.05) is 11.1 Å². The summed E-state index contributed by atoms with van der Waals surface area (Å²) in [6, 6.07) is 13.4. The Kier molecular flexibility index (Phi) is 6.43. The van der Waals surface area contributed by atoms with E-state index in [0.29, 0.717) is 35.1 Å². The number of nitrogens with one attached hydrogen (secondary N) is 1. The van der Waals surface area contributed by atoms with Crippen molar-refractivity contribution in [3.05, 3.63) is 53.1 Å². The molecule has 0 bridgehead atoms. The van der Waals surface area contributed by atoms with Gasteiger partial charge in [-0.15, -0.1) is 0 Å². The second-order valence-electron chi connectivity index (χ2n) is 8.68. The second kappa shape index (κ2) is 9.43. The molecule has 1 unspecified atom stereocenters. The minimum absolute atomic E-state index is 0.00305. The minimum Gasteiger partial charge on any atom is -0.490 e. The molecule has 0 radical (unpaired) electrons. The molecule has 3 aromatic rings. The molecule has 0 saturated heterocycles. The third-order valence-electron chi connectivity index (χ3n) is 5.44. The molecule has 0 saturated carbocycles. The Balaban J connectivity index is 1.59. The molecule has 1 aliphatic carbocycles. The summed E-state index contributed by atoms with van der Waals surface area (Å²) in [7, 11) is 3.75. The molecule has 0 spiro atoms. The highest BCUT2D eigenvalue weighted by molar-refractivity contribution is 5.79. The van der Waals surface area contributed by atoms with E-state index in [1.54, 1.807) is 12.1 Å². The van der Waals surface area contributed by atoms with Gasteiger partial charge in [0.05, 0.1) is 24.3 Å². The number of rotatable bonds is 7. The Hall–Kier alpha value is -3.70. The van der Waals surface area contributed by atoms with Crippen LogP contribution in [0.1, 0.15) is 43.0 Å². The van der Waals surface area contributed by atoms with Crippen molar-refractivity contribution < 1.29 is 14.1 Å². The van der Waals surface area contributed by atoms with Gasteiger partial charge >= 0.3 is 0 Å². The second-order valence-corrected chi connectivity index (χ2v) is 8.68. The fraction of sp³-hybridized carbons (Fsp3) is 0.360. The lowest BCUT2D eigenvalue weighted by molar-refractivity contribution is -0.122. The van der Waals surface area contributed by atoms with Crippen molar-refractivity contribution in [1.29, 1.82) is 5.26 Å². The lowest BCUT2D eigenvalue weighted by atomic mass is 10.0. The molecule has 0 fully saturated rings. The summed E-state index contributed by atoms with van der Waals surface area (Å²) in [6.07, 6.45) is 1.62. The Bertz CT molecular complexity index is 1210. The molecular formula is C25H27N5O3. The number of hydrogen-bond acceptors (Lipinski definition) is 7. The molecule has 1 aromatic heterocycles. The van der Waals surface area contributed by atoms with Crippen LogP contribution >= 0.6 is 0 Å². The number of hydrogen-bond donors (Lipinski definition) is 1. The number of nitriles is 1. The molecule has 1 heterocycles. The summed E-state index contributed by atoms with van der Waals surface area (Å²) in [4.78, 5) is 18.7. The quantitative estimate of drug-likeness (QED) is 0.591. The standard InChI is InChI=1S/C25H27N5O3/c1-15(2)32-22-11-8-16(12-17(22)13-26)25-28-24(29-33-25)20-7-5-6-19-18(20)9-10-21(19)27-23(31)14-30(3)4/h5-8,11-12,15,21H,9-10,14H2,1-4H3,(H,27,31). The van der Waals surface area contributed by atoms with Gasteiger partial charge in [0.1, 0.15) is 11.8 Å². The average Bonchev–Trinajstić information content (AvgIpc) is 3.41. The number of carbonyl (C=O) groups is 1. The topological polar surface area (TPSA) is 104 Å². The lowest BCUT2D eigenvalue weighted by Gasteiger charge is -2.16. The van der Waals surface area contributed by atoms with E-state index in [4.69, 9.17) is 9.26 Å². The monoisotopic (exact) mass is 445 g/mol. The normalized spacial score (nSPS) is 14.9. The maximum atomic E-state index is 12.2. The van der Waals surface area contributed by atoms with Gasteiger partial charge in [-0.05, 0) is 70.1 Å². The first-order valence-corrected chi connectivity index (χ1v) is 11.0. The first-order chi connectivity index (χ1) is 15.9. The van der Waals surface area contributed by atoms with Crippen LogP contribution in [-0.2, 0) is 11.2 Å². The molecule has 170 valence electrons. The zero-order valence-corrected chi connectivity index (χ0v) is 19.3. The zero-order chi connectivity index (χ0) is 23.5. The number of nitrogens with zero attached hydrogens (tertiary/aromatic N) is 4. The van der Waals surface area contributed by atoms with E-state index < -0.39 is 0 Å². The smallest absolute Gasteiger partial charge is 0.258 e. The third kappa shape index (κ3) is 4.89. The van der Waals surface area contributed by atoms with Crippen molar-refractivity contribution in [3.63, 3.8) is 0 Å². The Morgan fingerprint density at radius 3 is 2.88 bits per heavy atom. The summed E-state index contributed by atoms with van der Waals surface area (Å²) in [5.41, 5.74) is 4.18. The van der Waals surface area contributed by atoms with E-state index in [9.17, 15) is 10.1 Å². The SMILES string of the molecule is CC(C)Oc1ccc(-c2nc(-c3cccc4c3CCC4NC(=O)CN(C)C)no2)cc1C#N. The minimum atomic E-state index is -0.0328. The highest BCUT2D eigenvalue weighted by atomic mass is 16.5. The number of amides is 1. The van der Waals surface area contributed by atoms with Crippen LogP contribution in [-0.4, -0.2) is 47.7 Å². The van der Waals surface area contributed by atoms with Gasteiger partial charge in [-0.2, -0.15) is 10.2 Å². The fourth-order valence-electron chi connectivity index (χ4n) is 4.10. The van der Waals surface area contributed by atoms with Crippen molar-refractivity contribution in [2.24, 2.45) is 0 Å². The molecule has 2 aromatic carbocycles. The summed E-state index contributed by atoms with van der Waals surface area (Å²) in [5, 5.41) is 16.8. The molecule has 8 nitrogen and oxygen atoms in total. The van der Waals surface area contributed by atoms with Crippen LogP contribution in [0.4, 0.5) is 0 Å². The highest BCUT2D eigenvalue weighted by Crippen LogP contribution is 2.37. The number of benzene rings is 2. The molecule has 33 heavy (non-hydrogen) atoms. The third-order valence-corrected chi connectivity index (χ3v) is 5.44. The largest absolute Gasteiger partial charge is 0.490 e. The van der Waals surface area contributed by atoms with Crippen molar-refractivity contribution >= 4 is 5.91 Å². The van der Waals surface area contributed by atoms with Crippen LogP contribution in [0.3, 0.4) is 0 Å². The van der Waals surface area contributed by atoms with Crippen molar-refractivity contribution in [2.75, 3.05) is 20.6 Å². The number of ether oxygens (including phenoxy) is 1. The van der Waals surface area contributed by atoms with Gasteiger partial charge in [0.2, 0.25) is 11.7 Å². The average molecular weight is 446 g/mol.